The van der Waals surface area contributed by atoms with E-state index in [1.807, 2.05) is 25.1 Å². The third-order valence-electron chi connectivity index (χ3n) is 4.65. The number of nitrogens with one attached hydrogen (secondary N) is 2. The second-order valence-corrected chi connectivity index (χ2v) is 8.59. The van der Waals surface area contributed by atoms with Crippen molar-refractivity contribution in [1.29, 1.82) is 0 Å². The predicted molar refractivity (Wildman–Crippen MR) is 118 cm³/mol. The average molecular weight is 451 g/mol. The van der Waals surface area contributed by atoms with Crippen molar-refractivity contribution >= 4 is 23.9 Å². The molecule has 32 heavy (non-hydrogen) atoms. The van der Waals surface area contributed by atoms with Crippen LogP contribution >= 0.6 is 0 Å². The normalized spacial score (nSPS) is 13.9. The van der Waals surface area contributed by atoms with Crippen LogP contribution in [0.1, 0.15) is 59.4 Å². The molecule has 0 saturated carbocycles. The van der Waals surface area contributed by atoms with Gasteiger partial charge in [-0.3, -0.25) is 9.59 Å². The molecule has 3 unspecified atom stereocenters. The Morgan fingerprint density at radius 1 is 1.06 bits per heavy atom. The molecular weight excluding hydrogens is 416 g/mol. The number of esters is 1. The maximum absolute atomic E-state index is 12.8. The van der Waals surface area contributed by atoms with Crippen LogP contribution in [0.5, 0.6) is 0 Å². The number of carboxylic acids is 1. The second kappa shape index (κ2) is 12.7. The van der Waals surface area contributed by atoms with Crippen LogP contribution < -0.4 is 10.6 Å². The number of carboxylic acid groups (broad SMARTS) is 1. The number of hydrogen-bond donors (Lipinski definition) is 3. The van der Waals surface area contributed by atoms with Crippen molar-refractivity contribution in [3.8, 4) is 0 Å². The Balaban J connectivity index is 2.71. The van der Waals surface area contributed by atoms with Crippen molar-refractivity contribution in [3.05, 3.63) is 35.9 Å². The lowest BCUT2D eigenvalue weighted by molar-refractivity contribution is -0.155. The van der Waals surface area contributed by atoms with Gasteiger partial charge in [0.15, 0.2) is 0 Å². The largest absolute Gasteiger partial charge is 0.480 e. The topological polar surface area (TPSA) is 131 Å². The molecule has 0 heterocycles. The van der Waals surface area contributed by atoms with Gasteiger partial charge in [-0.25, -0.2) is 9.59 Å². The Labute approximate surface area is 188 Å². The number of alkyl carbamates (subject to hydrolysis) is 1. The molecule has 0 aliphatic heterocycles. The van der Waals surface area contributed by atoms with Crippen molar-refractivity contribution in [2.45, 2.75) is 78.2 Å². The van der Waals surface area contributed by atoms with Gasteiger partial charge in [-0.05, 0) is 38.7 Å². The van der Waals surface area contributed by atoms with E-state index >= 15 is 0 Å². The highest BCUT2D eigenvalue weighted by Crippen LogP contribution is 2.12. The summed E-state index contributed by atoms with van der Waals surface area (Å²) in [6, 6.07) is 6.78. The number of rotatable bonds is 11. The molecule has 2 amide bonds. The average Bonchev–Trinajstić information content (AvgIpc) is 2.72. The van der Waals surface area contributed by atoms with Crippen LogP contribution in [-0.2, 0) is 30.5 Å². The van der Waals surface area contributed by atoms with Gasteiger partial charge in [0.1, 0.15) is 24.3 Å². The van der Waals surface area contributed by atoms with Crippen LogP contribution in [0.3, 0.4) is 0 Å². The third kappa shape index (κ3) is 10.3. The molecule has 178 valence electrons. The van der Waals surface area contributed by atoms with Crippen LogP contribution in [0.2, 0.25) is 0 Å². The monoisotopic (exact) mass is 450 g/mol. The number of amides is 2. The van der Waals surface area contributed by atoms with Crippen molar-refractivity contribution in [3.63, 3.8) is 0 Å². The lowest BCUT2D eigenvalue weighted by Crippen LogP contribution is -2.54. The Bertz CT molecular complexity index is 774. The summed E-state index contributed by atoms with van der Waals surface area (Å²) in [7, 11) is 0. The van der Waals surface area contributed by atoms with Gasteiger partial charge in [0.05, 0.1) is 0 Å². The zero-order valence-corrected chi connectivity index (χ0v) is 19.3. The Hall–Kier alpha value is -3.10. The zero-order chi connectivity index (χ0) is 24.3. The first-order chi connectivity index (χ1) is 14.9. The fourth-order valence-electron chi connectivity index (χ4n) is 2.77. The van der Waals surface area contributed by atoms with Crippen molar-refractivity contribution in [1.82, 2.24) is 10.6 Å². The summed E-state index contributed by atoms with van der Waals surface area (Å²) in [6.07, 6.45) is -0.529. The van der Waals surface area contributed by atoms with Crippen LogP contribution in [0, 0.1) is 5.92 Å². The Morgan fingerprint density at radius 2 is 1.69 bits per heavy atom. The van der Waals surface area contributed by atoms with Gasteiger partial charge < -0.3 is 25.2 Å². The van der Waals surface area contributed by atoms with E-state index in [0.717, 1.165) is 5.56 Å². The number of carbonyl (C=O) groups excluding carboxylic acids is 3. The first kappa shape index (κ1) is 26.9. The maximum Gasteiger partial charge on any atom is 0.408 e. The molecule has 0 bridgehead atoms. The lowest BCUT2D eigenvalue weighted by atomic mass is 9.98. The van der Waals surface area contributed by atoms with Gasteiger partial charge in [0.2, 0.25) is 5.91 Å². The molecule has 1 aromatic rings. The summed E-state index contributed by atoms with van der Waals surface area (Å²) in [5, 5.41) is 14.4. The number of hydrogen-bond acceptors (Lipinski definition) is 6. The summed E-state index contributed by atoms with van der Waals surface area (Å²) in [5.74, 6) is -2.78. The van der Waals surface area contributed by atoms with E-state index in [4.69, 9.17) is 9.47 Å². The zero-order valence-electron chi connectivity index (χ0n) is 19.3. The highest BCUT2D eigenvalue weighted by molar-refractivity contribution is 5.89. The molecule has 0 radical (unpaired) electrons. The molecule has 0 aromatic heterocycles. The highest BCUT2D eigenvalue weighted by atomic mass is 16.6. The van der Waals surface area contributed by atoms with Gasteiger partial charge >= 0.3 is 18.0 Å². The highest BCUT2D eigenvalue weighted by Gasteiger charge is 2.31. The SMILES string of the molecule is CCC(C)C(NC(=O)OCc1ccccc1)C(=O)NC(CCC(=O)OC(C)(C)C)C(=O)O. The minimum atomic E-state index is -1.30. The molecule has 9 nitrogen and oxygen atoms in total. The van der Waals surface area contributed by atoms with Crippen LogP contribution in [0.4, 0.5) is 4.79 Å². The molecule has 0 fully saturated rings. The van der Waals surface area contributed by atoms with E-state index in [1.165, 1.54) is 0 Å². The molecule has 1 aromatic carbocycles. The summed E-state index contributed by atoms with van der Waals surface area (Å²) in [4.78, 5) is 48.5. The summed E-state index contributed by atoms with van der Waals surface area (Å²) in [5.41, 5.74) is 0.102. The first-order valence-corrected chi connectivity index (χ1v) is 10.6. The predicted octanol–water partition coefficient (Wildman–Crippen LogP) is 3.02. The molecule has 0 aliphatic rings. The number of ether oxygens (including phenoxy) is 2. The standard InChI is InChI=1S/C23H34N2O7/c1-6-15(2)19(25-22(30)31-14-16-10-8-7-9-11-16)20(27)24-17(21(28)29)12-13-18(26)32-23(3,4)5/h7-11,15,17,19H,6,12-14H2,1-5H3,(H,24,27)(H,25,30)(H,28,29). The number of benzene rings is 1. The summed E-state index contributed by atoms with van der Waals surface area (Å²) >= 11 is 0. The molecule has 0 spiro atoms. The smallest absolute Gasteiger partial charge is 0.408 e. The van der Waals surface area contributed by atoms with Crippen molar-refractivity contribution in [2.75, 3.05) is 0 Å². The number of carbonyl (C=O) groups is 4. The first-order valence-electron chi connectivity index (χ1n) is 10.6. The minimum absolute atomic E-state index is 0.0369. The van der Waals surface area contributed by atoms with E-state index < -0.39 is 41.6 Å². The number of aliphatic carboxylic acids is 1. The quantitative estimate of drug-likeness (QED) is 0.442. The third-order valence-corrected chi connectivity index (χ3v) is 4.65. The maximum atomic E-state index is 12.8. The lowest BCUT2D eigenvalue weighted by Gasteiger charge is -2.25. The van der Waals surface area contributed by atoms with Crippen molar-refractivity contribution in [2.24, 2.45) is 5.92 Å². The molecule has 1 rings (SSSR count). The summed E-state index contributed by atoms with van der Waals surface area (Å²) < 4.78 is 10.3. The molecule has 3 N–H and O–H groups in total. The van der Waals surface area contributed by atoms with Crippen molar-refractivity contribution < 1.29 is 33.8 Å². The van der Waals surface area contributed by atoms with Crippen LogP contribution in [0.25, 0.3) is 0 Å². The summed E-state index contributed by atoms with van der Waals surface area (Å²) in [6.45, 7) is 8.77. The van der Waals surface area contributed by atoms with Gasteiger partial charge in [0, 0.05) is 6.42 Å². The Morgan fingerprint density at radius 3 is 2.22 bits per heavy atom. The van der Waals surface area contributed by atoms with Gasteiger partial charge in [-0.1, -0.05) is 50.6 Å². The molecular formula is C23H34N2O7. The van der Waals surface area contributed by atoms with E-state index in [-0.39, 0.29) is 25.4 Å². The van der Waals surface area contributed by atoms with Gasteiger partial charge in [-0.15, -0.1) is 0 Å². The fourth-order valence-corrected chi connectivity index (χ4v) is 2.77. The van der Waals surface area contributed by atoms with Crippen LogP contribution in [-0.4, -0.2) is 46.7 Å². The van der Waals surface area contributed by atoms with E-state index in [2.05, 4.69) is 10.6 Å². The molecule has 0 aliphatic carbocycles. The second-order valence-electron chi connectivity index (χ2n) is 8.59. The van der Waals surface area contributed by atoms with E-state index in [9.17, 15) is 24.3 Å². The van der Waals surface area contributed by atoms with Gasteiger partial charge in [-0.2, -0.15) is 0 Å². The minimum Gasteiger partial charge on any atom is -0.480 e. The van der Waals surface area contributed by atoms with E-state index in [1.54, 1.807) is 39.8 Å². The molecule has 0 saturated heterocycles. The molecule has 3 atom stereocenters. The van der Waals surface area contributed by atoms with E-state index in [0.29, 0.717) is 6.42 Å². The van der Waals surface area contributed by atoms with Crippen LogP contribution in [0.15, 0.2) is 30.3 Å². The Kier molecular flexibility index (Phi) is 10.7. The molecule has 9 heteroatoms. The fraction of sp³-hybridized carbons (Fsp3) is 0.565. The van der Waals surface area contributed by atoms with Gasteiger partial charge in [0.25, 0.3) is 0 Å².